The Labute approximate surface area is 102 Å². The average Bonchev–Trinajstić information content (AvgIpc) is 2.23. The van der Waals surface area contributed by atoms with Crippen LogP contribution >= 0.6 is 11.6 Å². The molecule has 0 spiro atoms. The summed E-state index contributed by atoms with van der Waals surface area (Å²) in [6.07, 6.45) is -0.0878. The molecule has 4 nitrogen and oxygen atoms in total. The minimum atomic E-state index is -0.977. The fourth-order valence-corrected chi connectivity index (χ4v) is 1.41. The van der Waals surface area contributed by atoms with Gasteiger partial charge in [-0.2, -0.15) is 0 Å². The summed E-state index contributed by atoms with van der Waals surface area (Å²) >= 11 is 5.56. The van der Waals surface area contributed by atoms with Crippen molar-refractivity contribution in [3.8, 4) is 0 Å². The van der Waals surface area contributed by atoms with Crippen LogP contribution in [0.4, 0.5) is 4.39 Å². The van der Waals surface area contributed by atoms with Crippen LogP contribution in [0.3, 0.4) is 0 Å². The molecule has 1 amide bonds. The van der Waals surface area contributed by atoms with E-state index < -0.39 is 11.8 Å². The molecule has 0 aliphatic rings. The van der Waals surface area contributed by atoms with Crippen LogP contribution in [0.1, 0.15) is 12.0 Å². The monoisotopic (exact) mass is 259 g/mol. The molecular weight excluding hydrogens is 249 g/mol. The lowest BCUT2D eigenvalue weighted by Crippen LogP contribution is -2.27. The first-order valence-electron chi connectivity index (χ1n) is 4.91. The Balaban J connectivity index is 2.45. The largest absolute Gasteiger partial charge is 0.481 e. The summed E-state index contributed by atoms with van der Waals surface area (Å²) in [6, 6.07) is 4.01. The van der Waals surface area contributed by atoms with E-state index in [1.165, 1.54) is 18.2 Å². The molecule has 0 radical (unpaired) electrons. The van der Waals surface area contributed by atoms with E-state index in [1.54, 1.807) is 0 Å². The maximum absolute atomic E-state index is 12.8. The summed E-state index contributed by atoms with van der Waals surface area (Å²) in [5.41, 5.74) is 0.573. The lowest BCUT2D eigenvalue weighted by Gasteiger charge is -2.04. The number of benzene rings is 1. The molecule has 0 atom stereocenters. The van der Waals surface area contributed by atoms with E-state index in [0.29, 0.717) is 5.56 Å². The second-order valence-corrected chi connectivity index (χ2v) is 3.83. The first-order chi connectivity index (χ1) is 7.99. The molecule has 0 aliphatic carbocycles. The van der Waals surface area contributed by atoms with E-state index in [4.69, 9.17) is 16.7 Å². The molecule has 1 aromatic rings. The minimum Gasteiger partial charge on any atom is -0.481 e. The van der Waals surface area contributed by atoms with Crippen molar-refractivity contribution in [2.75, 3.05) is 6.54 Å². The van der Waals surface area contributed by atoms with Crippen LogP contribution in [0, 0.1) is 5.82 Å². The lowest BCUT2D eigenvalue weighted by atomic mass is 10.1. The molecule has 6 heteroatoms. The number of carboxylic acid groups (broad SMARTS) is 1. The molecule has 1 aromatic carbocycles. The summed E-state index contributed by atoms with van der Waals surface area (Å²) in [4.78, 5) is 21.6. The first-order valence-corrected chi connectivity index (χ1v) is 5.29. The van der Waals surface area contributed by atoms with Crippen molar-refractivity contribution in [1.29, 1.82) is 0 Å². The van der Waals surface area contributed by atoms with Gasteiger partial charge in [0.15, 0.2) is 0 Å². The highest BCUT2D eigenvalue weighted by Crippen LogP contribution is 2.16. The highest BCUT2D eigenvalue weighted by molar-refractivity contribution is 6.30. The minimum absolute atomic E-state index is 0.0409. The molecule has 1 rings (SSSR count). The fraction of sp³-hybridized carbons (Fsp3) is 0.273. The second kappa shape index (κ2) is 6.20. The normalized spacial score (nSPS) is 10.0. The van der Waals surface area contributed by atoms with Gasteiger partial charge < -0.3 is 10.4 Å². The molecule has 0 bridgehead atoms. The Kier molecular flexibility index (Phi) is 4.90. The van der Waals surface area contributed by atoms with Gasteiger partial charge in [0.25, 0.3) is 0 Å². The third kappa shape index (κ3) is 4.82. The van der Waals surface area contributed by atoms with Crippen molar-refractivity contribution in [2.45, 2.75) is 12.8 Å². The topological polar surface area (TPSA) is 66.4 Å². The SMILES string of the molecule is O=C(O)CCNC(=O)Cc1ccc(F)c(Cl)c1. The van der Waals surface area contributed by atoms with Gasteiger partial charge in [-0.3, -0.25) is 9.59 Å². The number of hydrogen-bond acceptors (Lipinski definition) is 2. The number of aliphatic carboxylic acids is 1. The Morgan fingerprint density at radius 3 is 2.71 bits per heavy atom. The van der Waals surface area contributed by atoms with Crippen molar-refractivity contribution in [3.63, 3.8) is 0 Å². The van der Waals surface area contributed by atoms with Crippen LogP contribution in [0.2, 0.25) is 5.02 Å². The third-order valence-corrected chi connectivity index (χ3v) is 2.30. The van der Waals surface area contributed by atoms with Gasteiger partial charge >= 0.3 is 5.97 Å². The van der Waals surface area contributed by atoms with Gasteiger partial charge in [0.2, 0.25) is 5.91 Å². The zero-order valence-corrected chi connectivity index (χ0v) is 9.63. The van der Waals surface area contributed by atoms with Gasteiger partial charge in [-0.15, -0.1) is 0 Å². The van der Waals surface area contributed by atoms with E-state index in [2.05, 4.69) is 5.32 Å². The predicted octanol–water partition coefficient (Wildman–Crippen LogP) is 1.61. The molecule has 2 N–H and O–H groups in total. The molecular formula is C11H11ClFNO3. The van der Waals surface area contributed by atoms with Gasteiger partial charge in [0, 0.05) is 6.54 Å². The highest BCUT2D eigenvalue weighted by Gasteiger charge is 2.06. The smallest absolute Gasteiger partial charge is 0.305 e. The molecule has 0 unspecified atom stereocenters. The number of carboxylic acids is 1. The predicted molar refractivity (Wildman–Crippen MR) is 60.4 cm³/mol. The zero-order valence-electron chi connectivity index (χ0n) is 8.87. The van der Waals surface area contributed by atoms with Crippen LogP contribution in [0.15, 0.2) is 18.2 Å². The standard InChI is InChI=1S/C11H11ClFNO3/c12-8-5-7(1-2-9(8)13)6-10(15)14-4-3-11(16)17/h1-2,5H,3-4,6H2,(H,14,15)(H,16,17). The first kappa shape index (κ1) is 13.4. The summed E-state index contributed by atoms with van der Waals surface area (Å²) in [5.74, 6) is -1.84. The van der Waals surface area contributed by atoms with Crippen LogP contribution < -0.4 is 5.32 Å². The molecule has 0 fully saturated rings. The van der Waals surface area contributed by atoms with E-state index >= 15 is 0 Å². The summed E-state index contributed by atoms with van der Waals surface area (Å²) in [5, 5.41) is 10.8. The maximum atomic E-state index is 12.8. The number of amides is 1. The van der Waals surface area contributed by atoms with Crippen molar-refractivity contribution >= 4 is 23.5 Å². The van der Waals surface area contributed by atoms with Crippen LogP contribution in [-0.4, -0.2) is 23.5 Å². The van der Waals surface area contributed by atoms with Crippen molar-refractivity contribution < 1.29 is 19.1 Å². The molecule has 0 saturated heterocycles. The average molecular weight is 260 g/mol. The van der Waals surface area contributed by atoms with Crippen LogP contribution in [0.5, 0.6) is 0 Å². The molecule has 0 aromatic heterocycles. The van der Waals surface area contributed by atoms with E-state index in [9.17, 15) is 14.0 Å². The molecule has 0 heterocycles. The van der Waals surface area contributed by atoms with Gasteiger partial charge in [0.1, 0.15) is 5.82 Å². The van der Waals surface area contributed by atoms with E-state index in [-0.39, 0.29) is 30.3 Å². The van der Waals surface area contributed by atoms with Gasteiger partial charge in [-0.25, -0.2) is 4.39 Å². The Hall–Kier alpha value is -1.62. The van der Waals surface area contributed by atoms with Crippen LogP contribution in [0.25, 0.3) is 0 Å². The van der Waals surface area contributed by atoms with Crippen LogP contribution in [-0.2, 0) is 16.0 Å². The Morgan fingerprint density at radius 1 is 1.41 bits per heavy atom. The lowest BCUT2D eigenvalue weighted by molar-refractivity contribution is -0.136. The molecule has 0 aliphatic heterocycles. The third-order valence-electron chi connectivity index (χ3n) is 2.01. The van der Waals surface area contributed by atoms with E-state index in [1.807, 2.05) is 0 Å². The number of carbonyl (C=O) groups excluding carboxylic acids is 1. The fourth-order valence-electron chi connectivity index (χ4n) is 1.21. The summed E-state index contributed by atoms with van der Waals surface area (Å²) in [6.45, 7) is 0.0725. The van der Waals surface area contributed by atoms with Crippen molar-refractivity contribution in [1.82, 2.24) is 5.32 Å². The van der Waals surface area contributed by atoms with E-state index in [0.717, 1.165) is 0 Å². The van der Waals surface area contributed by atoms with Crippen molar-refractivity contribution in [2.24, 2.45) is 0 Å². The van der Waals surface area contributed by atoms with Gasteiger partial charge in [-0.1, -0.05) is 17.7 Å². The quantitative estimate of drug-likeness (QED) is 0.844. The maximum Gasteiger partial charge on any atom is 0.305 e. The number of halogens is 2. The zero-order chi connectivity index (χ0) is 12.8. The second-order valence-electron chi connectivity index (χ2n) is 3.42. The van der Waals surface area contributed by atoms with Gasteiger partial charge in [0.05, 0.1) is 17.9 Å². The number of hydrogen-bond donors (Lipinski definition) is 2. The van der Waals surface area contributed by atoms with Gasteiger partial charge in [-0.05, 0) is 17.7 Å². The number of nitrogens with one attached hydrogen (secondary N) is 1. The Bertz CT molecular complexity index is 437. The molecule has 0 saturated carbocycles. The Morgan fingerprint density at radius 2 is 2.12 bits per heavy atom. The number of carbonyl (C=O) groups is 2. The summed E-state index contributed by atoms with van der Waals surface area (Å²) < 4.78 is 12.8. The summed E-state index contributed by atoms with van der Waals surface area (Å²) in [7, 11) is 0. The molecule has 92 valence electrons. The van der Waals surface area contributed by atoms with Crippen molar-refractivity contribution in [3.05, 3.63) is 34.6 Å². The number of rotatable bonds is 5. The molecule has 17 heavy (non-hydrogen) atoms. The highest BCUT2D eigenvalue weighted by atomic mass is 35.5.